The summed E-state index contributed by atoms with van der Waals surface area (Å²) in [5.41, 5.74) is 2.49. The van der Waals surface area contributed by atoms with Crippen molar-refractivity contribution >= 4 is 9.24 Å². The van der Waals surface area contributed by atoms with Gasteiger partial charge >= 0.3 is 0 Å². The van der Waals surface area contributed by atoms with Crippen molar-refractivity contribution in [2.24, 2.45) is 5.41 Å². The van der Waals surface area contributed by atoms with Crippen molar-refractivity contribution < 1.29 is 0 Å². The third-order valence-corrected chi connectivity index (χ3v) is 3.16. The van der Waals surface area contributed by atoms with Gasteiger partial charge in [-0.15, -0.1) is 15.8 Å². The lowest BCUT2D eigenvalue weighted by Crippen LogP contribution is -2.17. The molecule has 3 atom stereocenters. The molecular weight excluding hydrogens is 259 g/mol. The Balaban J connectivity index is 0. The molecular formula is C19H35P. The maximum Gasteiger partial charge on any atom is -0.00967 e. The second kappa shape index (κ2) is 12.2. The fourth-order valence-electron chi connectivity index (χ4n) is 1.97. The van der Waals surface area contributed by atoms with Gasteiger partial charge in [-0.2, -0.15) is 0 Å². The Bertz CT molecular complexity index is 319. The van der Waals surface area contributed by atoms with E-state index < -0.39 is 0 Å². The molecule has 1 aromatic carbocycles. The normalized spacial score (nSPS) is 13.0. The first kappa shape index (κ1) is 21.7. The second-order valence-electron chi connectivity index (χ2n) is 6.05. The largest absolute Gasteiger partial charge is 0.134 e. The van der Waals surface area contributed by atoms with Crippen LogP contribution in [0.1, 0.15) is 66.4 Å². The molecule has 0 nitrogen and oxygen atoms in total. The lowest BCUT2D eigenvalue weighted by molar-refractivity contribution is 0.338. The van der Waals surface area contributed by atoms with Gasteiger partial charge in [0.25, 0.3) is 0 Å². The Kier molecular flexibility index (Phi) is 13.2. The summed E-state index contributed by atoms with van der Waals surface area (Å²) in [6.45, 7) is 18.5. The van der Waals surface area contributed by atoms with E-state index in [0.29, 0.717) is 17.0 Å². The van der Waals surface area contributed by atoms with Crippen molar-refractivity contribution in [3.63, 3.8) is 0 Å². The first-order valence-electron chi connectivity index (χ1n) is 7.69. The van der Waals surface area contributed by atoms with Gasteiger partial charge in [-0.25, -0.2) is 0 Å². The van der Waals surface area contributed by atoms with Gasteiger partial charge < -0.3 is 0 Å². The molecule has 116 valence electrons. The molecule has 20 heavy (non-hydrogen) atoms. The maximum atomic E-state index is 3.36. The molecule has 1 heteroatoms. The fraction of sp³-hybridized carbons (Fsp3) is 0.579. The van der Waals surface area contributed by atoms with E-state index in [1.165, 1.54) is 12.0 Å². The Morgan fingerprint density at radius 3 is 1.85 bits per heavy atom. The summed E-state index contributed by atoms with van der Waals surface area (Å²) in [6.07, 6.45) is 2.99. The summed E-state index contributed by atoms with van der Waals surface area (Å²) >= 11 is 0. The van der Waals surface area contributed by atoms with Crippen LogP contribution in [0.4, 0.5) is 0 Å². The van der Waals surface area contributed by atoms with Gasteiger partial charge in [0.2, 0.25) is 0 Å². The van der Waals surface area contributed by atoms with Crippen molar-refractivity contribution in [3.05, 3.63) is 48.6 Å². The molecule has 0 fully saturated rings. The monoisotopic (exact) mass is 294 g/mol. The van der Waals surface area contributed by atoms with E-state index in [4.69, 9.17) is 0 Å². The minimum Gasteiger partial charge on any atom is -0.134 e. The summed E-state index contributed by atoms with van der Waals surface area (Å²) < 4.78 is 0. The van der Waals surface area contributed by atoms with Crippen LogP contribution < -0.4 is 0 Å². The highest BCUT2D eigenvalue weighted by Crippen LogP contribution is 2.36. The predicted molar refractivity (Wildman–Crippen MR) is 99.6 cm³/mol. The molecule has 0 spiro atoms. The molecule has 0 saturated heterocycles. The molecule has 0 radical (unpaired) electrons. The van der Waals surface area contributed by atoms with Crippen LogP contribution in [0.5, 0.6) is 0 Å². The lowest BCUT2D eigenvalue weighted by Gasteiger charge is -2.29. The van der Waals surface area contributed by atoms with Crippen LogP contribution in [0.15, 0.2) is 43.0 Å². The van der Waals surface area contributed by atoms with Crippen LogP contribution in [0, 0.1) is 5.41 Å². The smallest absolute Gasteiger partial charge is 0.00967 e. The number of allylic oxidation sites excluding steroid dienone is 1. The zero-order chi connectivity index (χ0) is 16.2. The van der Waals surface area contributed by atoms with Crippen LogP contribution in [-0.2, 0) is 0 Å². The molecule has 0 saturated carbocycles. The van der Waals surface area contributed by atoms with Crippen LogP contribution in [0.3, 0.4) is 0 Å². The molecule has 1 aromatic rings. The number of hydrogen-bond acceptors (Lipinski definition) is 0. The summed E-state index contributed by atoms with van der Waals surface area (Å²) in [5.74, 6) is 0.649. The third kappa shape index (κ3) is 11.2. The highest BCUT2D eigenvalue weighted by Gasteiger charge is 2.22. The first-order valence-corrected chi connectivity index (χ1v) is 8.36. The molecule has 0 aliphatic rings. The highest BCUT2D eigenvalue weighted by molar-refractivity contribution is 7.17. The number of benzene rings is 1. The number of hydrogen-bond donors (Lipinski definition) is 0. The van der Waals surface area contributed by atoms with Crippen LogP contribution in [0.25, 0.3) is 0 Å². The van der Waals surface area contributed by atoms with E-state index in [9.17, 15) is 0 Å². The Morgan fingerprint density at radius 1 is 1.15 bits per heavy atom. The SMILES string of the molecule is C=CC.CC.CC(P)C(CC(C)(C)C)c1ccccc1. The van der Waals surface area contributed by atoms with Crippen LogP contribution >= 0.6 is 9.24 Å². The van der Waals surface area contributed by atoms with E-state index in [-0.39, 0.29) is 0 Å². The van der Waals surface area contributed by atoms with E-state index in [2.05, 4.69) is 73.8 Å². The molecule has 0 amide bonds. The molecule has 0 aliphatic carbocycles. The van der Waals surface area contributed by atoms with Gasteiger partial charge in [-0.3, -0.25) is 0 Å². The van der Waals surface area contributed by atoms with Crippen LogP contribution in [-0.4, -0.2) is 5.66 Å². The molecule has 0 heterocycles. The van der Waals surface area contributed by atoms with Gasteiger partial charge in [0, 0.05) is 0 Å². The molecule has 0 bridgehead atoms. The van der Waals surface area contributed by atoms with Gasteiger partial charge in [0.05, 0.1) is 0 Å². The van der Waals surface area contributed by atoms with E-state index in [1.54, 1.807) is 6.08 Å². The Morgan fingerprint density at radius 2 is 1.55 bits per heavy atom. The van der Waals surface area contributed by atoms with Crippen molar-refractivity contribution in [3.8, 4) is 0 Å². The minimum absolute atomic E-state index is 0.394. The summed E-state index contributed by atoms with van der Waals surface area (Å²) in [5, 5.41) is 0. The number of rotatable bonds is 3. The average molecular weight is 294 g/mol. The van der Waals surface area contributed by atoms with Gasteiger partial charge in [0.15, 0.2) is 0 Å². The van der Waals surface area contributed by atoms with E-state index in [1.807, 2.05) is 20.8 Å². The van der Waals surface area contributed by atoms with Crippen molar-refractivity contribution in [1.82, 2.24) is 0 Å². The molecule has 3 unspecified atom stereocenters. The Labute approximate surface area is 130 Å². The topological polar surface area (TPSA) is 0 Å². The average Bonchev–Trinajstić information content (AvgIpc) is 2.39. The van der Waals surface area contributed by atoms with E-state index in [0.717, 1.165) is 0 Å². The van der Waals surface area contributed by atoms with Crippen molar-refractivity contribution in [2.45, 2.75) is 66.5 Å². The third-order valence-electron chi connectivity index (χ3n) is 2.69. The fourth-order valence-corrected chi connectivity index (χ4v) is 2.33. The van der Waals surface area contributed by atoms with Gasteiger partial charge in [-0.05, 0) is 35.9 Å². The molecule has 1 rings (SSSR count). The zero-order valence-corrected chi connectivity index (χ0v) is 15.8. The van der Waals surface area contributed by atoms with Crippen molar-refractivity contribution in [2.75, 3.05) is 0 Å². The second-order valence-corrected chi connectivity index (χ2v) is 7.10. The zero-order valence-electron chi connectivity index (χ0n) is 14.6. The Hall–Kier alpha value is -0.610. The van der Waals surface area contributed by atoms with E-state index >= 15 is 0 Å². The standard InChI is InChI=1S/C14H23P.C3H6.C2H6/c1-11(15)13(10-14(2,3)4)12-8-6-5-7-9-12;1-3-2;1-2/h5-9,11,13H,10,15H2,1-4H3;3H,1H2,2H3;1-2H3. The minimum atomic E-state index is 0.394. The van der Waals surface area contributed by atoms with Gasteiger partial charge in [0.1, 0.15) is 0 Å². The molecule has 0 aliphatic heterocycles. The highest BCUT2D eigenvalue weighted by atomic mass is 31.0. The summed E-state index contributed by atoms with van der Waals surface area (Å²) in [6, 6.07) is 10.9. The van der Waals surface area contributed by atoms with Crippen LogP contribution in [0.2, 0.25) is 0 Å². The lowest BCUT2D eigenvalue weighted by atomic mass is 9.80. The maximum absolute atomic E-state index is 3.36. The molecule has 0 aromatic heterocycles. The van der Waals surface area contributed by atoms with Crippen molar-refractivity contribution in [1.29, 1.82) is 0 Å². The summed E-state index contributed by atoms with van der Waals surface area (Å²) in [7, 11) is 2.95. The summed E-state index contributed by atoms with van der Waals surface area (Å²) in [4.78, 5) is 0. The first-order chi connectivity index (χ1) is 9.31. The molecule has 0 N–H and O–H groups in total. The predicted octanol–water partition coefficient (Wildman–Crippen LogP) is 6.69. The quantitative estimate of drug-likeness (QED) is 0.430. The van der Waals surface area contributed by atoms with Gasteiger partial charge in [-0.1, -0.05) is 78.0 Å².